The van der Waals surface area contributed by atoms with Crippen molar-refractivity contribution in [3.05, 3.63) is 12.2 Å². The van der Waals surface area contributed by atoms with Crippen molar-refractivity contribution in [1.82, 2.24) is 10.6 Å². The number of rotatable bonds is 4. The Hall–Kier alpha value is -1.85. The lowest BCUT2D eigenvalue weighted by molar-refractivity contribution is -0.158. The van der Waals surface area contributed by atoms with Gasteiger partial charge in [0, 0.05) is 6.04 Å². The topological polar surface area (TPSA) is 84.5 Å². The fourth-order valence-electron chi connectivity index (χ4n) is 3.01. The Labute approximate surface area is 137 Å². The average Bonchev–Trinajstić information content (AvgIpc) is 2.56. The van der Waals surface area contributed by atoms with Gasteiger partial charge in [0.1, 0.15) is 0 Å². The third kappa shape index (κ3) is 5.69. The molecule has 2 rings (SSSR count). The molecule has 6 heteroatoms. The van der Waals surface area contributed by atoms with Crippen LogP contribution < -0.4 is 10.6 Å². The molecule has 0 aromatic carbocycles. The lowest BCUT2D eigenvalue weighted by Gasteiger charge is -2.23. The van der Waals surface area contributed by atoms with E-state index in [1.165, 1.54) is 13.3 Å². The van der Waals surface area contributed by atoms with Crippen LogP contribution in [0.2, 0.25) is 0 Å². The fraction of sp³-hybridized carbons (Fsp3) is 0.706. The normalized spacial score (nSPS) is 22.9. The van der Waals surface area contributed by atoms with Crippen molar-refractivity contribution >= 4 is 17.9 Å². The summed E-state index contributed by atoms with van der Waals surface area (Å²) in [4.78, 5) is 35.8. The fourth-order valence-corrected chi connectivity index (χ4v) is 3.01. The number of esters is 1. The Morgan fingerprint density at radius 1 is 1.09 bits per heavy atom. The van der Waals surface area contributed by atoms with Crippen LogP contribution in [0.1, 0.15) is 58.3 Å². The van der Waals surface area contributed by atoms with Crippen molar-refractivity contribution in [2.75, 3.05) is 0 Å². The smallest absolute Gasteiger partial charge is 0.321 e. The second kappa shape index (κ2) is 8.70. The number of hydrogen-bond donors (Lipinski definition) is 2. The zero-order valence-corrected chi connectivity index (χ0v) is 13.7. The van der Waals surface area contributed by atoms with Crippen molar-refractivity contribution < 1.29 is 19.1 Å². The number of ether oxygens (including phenoxy) is 1. The molecule has 0 bridgehead atoms. The molecule has 0 saturated heterocycles. The van der Waals surface area contributed by atoms with Crippen LogP contribution in [0.25, 0.3) is 0 Å². The summed E-state index contributed by atoms with van der Waals surface area (Å²) >= 11 is 0. The highest BCUT2D eigenvalue weighted by atomic mass is 16.5. The van der Waals surface area contributed by atoms with Gasteiger partial charge in [-0.25, -0.2) is 4.79 Å². The molecule has 2 N–H and O–H groups in total. The van der Waals surface area contributed by atoms with Gasteiger partial charge in [-0.2, -0.15) is 0 Å². The van der Waals surface area contributed by atoms with Gasteiger partial charge in [-0.3, -0.25) is 14.9 Å². The number of carbonyl (C=O) groups is 3. The van der Waals surface area contributed by atoms with E-state index < -0.39 is 18.0 Å². The first-order valence-electron chi connectivity index (χ1n) is 8.53. The summed E-state index contributed by atoms with van der Waals surface area (Å²) in [6.07, 6.45) is 10.6. The Morgan fingerprint density at radius 3 is 2.48 bits per heavy atom. The van der Waals surface area contributed by atoms with Gasteiger partial charge >= 0.3 is 12.0 Å². The summed E-state index contributed by atoms with van der Waals surface area (Å²) in [5.41, 5.74) is 0. The molecule has 6 nitrogen and oxygen atoms in total. The van der Waals surface area contributed by atoms with Crippen LogP contribution in [-0.2, 0) is 14.3 Å². The van der Waals surface area contributed by atoms with Crippen LogP contribution in [0, 0.1) is 5.92 Å². The number of allylic oxidation sites excluding steroid dienone is 2. The molecular formula is C17H26N2O4. The Kier molecular flexibility index (Phi) is 6.62. The van der Waals surface area contributed by atoms with Gasteiger partial charge in [0.2, 0.25) is 0 Å². The number of urea groups is 1. The Morgan fingerprint density at radius 2 is 1.83 bits per heavy atom. The standard InChI is InChI=1S/C17H26N2O4/c1-12(23-16(21)13-8-4-2-5-9-13)15(20)19-17(22)18-14-10-6-3-7-11-14/h2,4,12-14H,3,5-11H2,1H3,(H2,18,19,20,22). The Bertz CT molecular complexity index is 469. The predicted octanol–water partition coefficient (Wildman–Crippen LogP) is 2.43. The largest absolute Gasteiger partial charge is 0.452 e. The SMILES string of the molecule is CC(OC(=O)C1CC=CCC1)C(=O)NC(=O)NC1CCCCC1. The molecule has 0 heterocycles. The summed E-state index contributed by atoms with van der Waals surface area (Å²) in [6, 6.07) is -0.381. The van der Waals surface area contributed by atoms with E-state index in [0.717, 1.165) is 38.5 Å². The molecular weight excluding hydrogens is 296 g/mol. The molecule has 2 aliphatic carbocycles. The molecule has 1 fully saturated rings. The van der Waals surface area contributed by atoms with E-state index in [1.807, 2.05) is 12.2 Å². The van der Waals surface area contributed by atoms with Gasteiger partial charge in [0.25, 0.3) is 5.91 Å². The van der Waals surface area contributed by atoms with Gasteiger partial charge in [-0.1, -0.05) is 31.4 Å². The maximum absolute atomic E-state index is 12.0. The van der Waals surface area contributed by atoms with Crippen LogP contribution >= 0.6 is 0 Å². The number of amides is 3. The number of carbonyl (C=O) groups excluding carboxylic acids is 3. The van der Waals surface area contributed by atoms with Crippen LogP contribution in [0.5, 0.6) is 0 Å². The monoisotopic (exact) mass is 322 g/mol. The van der Waals surface area contributed by atoms with Crippen molar-refractivity contribution in [3.63, 3.8) is 0 Å². The van der Waals surface area contributed by atoms with E-state index >= 15 is 0 Å². The van der Waals surface area contributed by atoms with E-state index in [0.29, 0.717) is 6.42 Å². The van der Waals surface area contributed by atoms with E-state index in [4.69, 9.17) is 4.74 Å². The first kappa shape index (κ1) is 17.5. The van der Waals surface area contributed by atoms with Gasteiger partial charge in [0.15, 0.2) is 6.10 Å². The number of nitrogens with one attached hydrogen (secondary N) is 2. The van der Waals surface area contributed by atoms with Gasteiger partial charge in [-0.05, 0) is 39.0 Å². The molecule has 3 amide bonds. The minimum absolute atomic E-state index is 0.128. The molecule has 1 saturated carbocycles. The van der Waals surface area contributed by atoms with Gasteiger partial charge in [-0.15, -0.1) is 0 Å². The molecule has 23 heavy (non-hydrogen) atoms. The first-order valence-corrected chi connectivity index (χ1v) is 8.53. The zero-order valence-electron chi connectivity index (χ0n) is 13.7. The molecule has 2 unspecified atom stereocenters. The highest BCUT2D eigenvalue weighted by Gasteiger charge is 2.26. The molecule has 2 aliphatic rings. The van der Waals surface area contributed by atoms with Crippen LogP contribution in [0.4, 0.5) is 4.79 Å². The second-order valence-electron chi connectivity index (χ2n) is 6.36. The summed E-state index contributed by atoms with van der Waals surface area (Å²) < 4.78 is 5.18. The lowest BCUT2D eigenvalue weighted by atomic mass is 9.95. The van der Waals surface area contributed by atoms with E-state index in [2.05, 4.69) is 10.6 Å². The van der Waals surface area contributed by atoms with Crippen LogP contribution in [0.3, 0.4) is 0 Å². The van der Waals surface area contributed by atoms with E-state index in [9.17, 15) is 14.4 Å². The third-order valence-electron chi connectivity index (χ3n) is 4.44. The number of hydrogen-bond acceptors (Lipinski definition) is 4. The molecule has 0 aliphatic heterocycles. The molecule has 0 spiro atoms. The van der Waals surface area contributed by atoms with Crippen molar-refractivity contribution in [1.29, 1.82) is 0 Å². The van der Waals surface area contributed by atoms with Gasteiger partial charge in [0.05, 0.1) is 5.92 Å². The van der Waals surface area contributed by atoms with Crippen LogP contribution in [-0.4, -0.2) is 30.1 Å². The molecule has 0 radical (unpaired) electrons. The molecule has 128 valence electrons. The lowest BCUT2D eigenvalue weighted by Crippen LogP contribution is -2.48. The molecule has 0 aromatic rings. The van der Waals surface area contributed by atoms with Crippen molar-refractivity contribution in [3.8, 4) is 0 Å². The summed E-state index contributed by atoms with van der Waals surface area (Å²) in [5, 5.41) is 5.06. The maximum atomic E-state index is 12.0. The van der Waals surface area contributed by atoms with Crippen molar-refractivity contribution in [2.24, 2.45) is 5.92 Å². The van der Waals surface area contributed by atoms with Crippen molar-refractivity contribution in [2.45, 2.75) is 70.4 Å². The van der Waals surface area contributed by atoms with Gasteiger partial charge < -0.3 is 10.1 Å². The maximum Gasteiger partial charge on any atom is 0.321 e. The highest BCUT2D eigenvalue weighted by Crippen LogP contribution is 2.20. The summed E-state index contributed by atoms with van der Waals surface area (Å²) in [7, 11) is 0. The third-order valence-corrected chi connectivity index (χ3v) is 4.44. The van der Waals surface area contributed by atoms with E-state index in [-0.39, 0.29) is 17.9 Å². The average molecular weight is 322 g/mol. The molecule has 2 atom stereocenters. The minimum Gasteiger partial charge on any atom is -0.452 e. The van der Waals surface area contributed by atoms with Crippen LogP contribution in [0.15, 0.2) is 12.2 Å². The highest BCUT2D eigenvalue weighted by molar-refractivity contribution is 5.97. The molecule has 0 aromatic heterocycles. The summed E-state index contributed by atoms with van der Waals surface area (Å²) in [5.74, 6) is -1.14. The first-order chi connectivity index (χ1) is 11.1. The zero-order chi connectivity index (χ0) is 16.7. The predicted molar refractivity (Wildman–Crippen MR) is 85.6 cm³/mol. The minimum atomic E-state index is -0.967. The second-order valence-corrected chi connectivity index (χ2v) is 6.36. The van der Waals surface area contributed by atoms with E-state index in [1.54, 1.807) is 0 Å². The summed E-state index contributed by atoms with van der Waals surface area (Å²) in [6.45, 7) is 1.49. The number of imide groups is 1. The Balaban J connectivity index is 1.72. The quantitative estimate of drug-likeness (QED) is 0.615.